The molecule has 0 bridgehead atoms. The van der Waals surface area contributed by atoms with Crippen LogP contribution in [0.25, 0.3) is 0 Å². The molecule has 3 atom stereocenters. The first-order chi connectivity index (χ1) is 16.7. The molecule has 1 N–H and O–H groups in total. The van der Waals surface area contributed by atoms with Crippen LogP contribution in [0.15, 0.2) is 60.7 Å². The van der Waals surface area contributed by atoms with Crippen LogP contribution in [0.3, 0.4) is 0 Å². The highest BCUT2D eigenvalue weighted by Crippen LogP contribution is 2.37. The van der Waals surface area contributed by atoms with Crippen LogP contribution in [0.2, 0.25) is 5.04 Å². The number of halogens is 2. The second-order valence-corrected chi connectivity index (χ2v) is 14.7. The van der Waals surface area contributed by atoms with Gasteiger partial charge in [-0.2, -0.15) is 0 Å². The minimum Gasteiger partial charge on any atom is -0.406 e. The van der Waals surface area contributed by atoms with Gasteiger partial charge in [0.15, 0.2) is 6.29 Å². The number of rotatable bonds is 12. The van der Waals surface area contributed by atoms with Crippen molar-refractivity contribution in [1.82, 2.24) is 5.32 Å². The van der Waals surface area contributed by atoms with E-state index in [1.165, 1.54) is 10.4 Å². The van der Waals surface area contributed by atoms with E-state index in [1.807, 2.05) is 19.1 Å². The first kappa shape index (κ1) is 27.9. The van der Waals surface area contributed by atoms with Gasteiger partial charge in [-0.25, -0.2) is 8.78 Å². The molecule has 194 valence electrons. The minimum atomic E-state index is -2.75. The highest BCUT2D eigenvalue weighted by atomic mass is 28.4. The molecule has 1 heterocycles. The van der Waals surface area contributed by atoms with Crippen molar-refractivity contribution in [3.63, 3.8) is 0 Å². The molecule has 0 aliphatic carbocycles. The molecule has 0 spiro atoms. The second-order valence-electron chi connectivity index (χ2n) is 10.4. The highest BCUT2D eigenvalue weighted by Gasteiger charge is 2.50. The van der Waals surface area contributed by atoms with Gasteiger partial charge in [0, 0.05) is 19.6 Å². The Morgan fingerprint density at radius 3 is 2.09 bits per heavy atom. The predicted octanol–water partition coefficient (Wildman–Crippen LogP) is 5.11. The number of benzene rings is 2. The van der Waals surface area contributed by atoms with E-state index in [9.17, 15) is 8.78 Å². The third-order valence-electron chi connectivity index (χ3n) is 6.74. The third kappa shape index (κ3) is 7.43. The zero-order valence-corrected chi connectivity index (χ0v) is 22.5. The van der Waals surface area contributed by atoms with E-state index in [0.29, 0.717) is 13.2 Å². The Morgan fingerprint density at radius 1 is 1.00 bits per heavy atom. The van der Waals surface area contributed by atoms with Crippen LogP contribution in [0.4, 0.5) is 8.78 Å². The molecule has 2 aromatic carbocycles. The summed E-state index contributed by atoms with van der Waals surface area (Å²) in [6.07, 6.45) is -0.106. The van der Waals surface area contributed by atoms with Crippen molar-refractivity contribution in [3.8, 4) is 0 Å². The quantitative estimate of drug-likeness (QED) is 0.407. The van der Waals surface area contributed by atoms with Crippen molar-refractivity contribution in [2.45, 2.75) is 83.3 Å². The topological polar surface area (TPSA) is 39.7 Å². The molecule has 0 saturated carbocycles. The van der Waals surface area contributed by atoms with Crippen molar-refractivity contribution >= 4 is 18.7 Å². The summed E-state index contributed by atoms with van der Waals surface area (Å²) in [5.74, 6) is 0. The molecule has 7 heteroatoms. The first-order valence-corrected chi connectivity index (χ1v) is 14.7. The van der Waals surface area contributed by atoms with Crippen LogP contribution in [-0.4, -0.2) is 52.9 Å². The molecule has 0 amide bonds. The Bertz CT molecular complexity index is 818. The zero-order chi connectivity index (χ0) is 25.3. The van der Waals surface area contributed by atoms with Crippen LogP contribution in [0, 0.1) is 0 Å². The van der Waals surface area contributed by atoms with Crippen LogP contribution in [-0.2, 0) is 13.9 Å². The molecule has 35 heavy (non-hydrogen) atoms. The van der Waals surface area contributed by atoms with E-state index >= 15 is 0 Å². The molecule has 3 rings (SSSR count). The average Bonchev–Trinajstić information content (AvgIpc) is 2.84. The van der Waals surface area contributed by atoms with Crippen molar-refractivity contribution in [3.05, 3.63) is 60.7 Å². The van der Waals surface area contributed by atoms with Crippen molar-refractivity contribution < 1.29 is 22.7 Å². The molecule has 2 aromatic rings. The van der Waals surface area contributed by atoms with Gasteiger partial charge in [-0.15, -0.1) is 0 Å². The Labute approximate surface area is 210 Å². The van der Waals surface area contributed by atoms with E-state index in [2.05, 4.69) is 74.6 Å². The fourth-order valence-electron chi connectivity index (χ4n) is 4.87. The van der Waals surface area contributed by atoms with E-state index in [1.54, 1.807) is 0 Å². The Balaban J connectivity index is 1.89. The number of hydrogen-bond acceptors (Lipinski definition) is 4. The lowest BCUT2D eigenvalue weighted by Gasteiger charge is -2.44. The van der Waals surface area contributed by atoms with Gasteiger partial charge in [-0.3, -0.25) is 0 Å². The van der Waals surface area contributed by atoms with Gasteiger partial charge in [-0.1, -0.05) is 81.4 Å². The molecular formula is C28H41F2NO3Si. The Morgan fingerprint density at radius 2 is 1.60 bits per heavy atom. The predicted molar refractivity (Wildman–Crippen MR) is 140 cm³/mol. The van der Waals surface area contributed by atoms with Gasteiger partial charge in [-0.05, 0) is 41.6 Å². The zero-order valence-electron chi connectivity index (χ0n) is 21.5. The summed E-state index contributed by atoms with van der Waals surface area (Å²) in [6.45, 7) is 9.92. The molecule has 0 aromatic heterocycles. The SMILES string of the molecule is C[C@@H](OC1CCCCO1)[C@@H](CO[Si](c1ccccc1)(c1ccccc1)C(C)(C)C)NCCC(F)F. The maximum atomic E-state index is 12.9. The van der Waals surface area contributed by atoms with E-state index < -0.39 is 14.7 Å². The lowest BCUT2D eigenvalue weighted by Crippen LogP contribution is -2.67. The first-order valence-electron chi connectivity index (χ1n) is 12.8. The lowest BCUT2D eigenvalue weighted by atomic mass is 10.1. The number of nitrogens with one attached hydrogen (secondary N) is 1. The minimum absolute atomic E-state index is 0.167. The van der Waals surface area contributed by atoms with E-state index in [4.69, 9.17) is 13.9 Å². The van der Waals surface area contributed by atoms with Crippen molar-refractivity contribution in [1.29, 1.82) is 0 Å². The Kier molecular flexibility index (Phi) is 10.4. The van der Waals surface area contributed by atoms with Crippen molar-refractivity contribution in [2.24, 2.45) is 0 Å². The summed E-state index contributed by atoms with van der Waals surface area (Å²) in [4.78, 5) is 0. The van der Waals surface area contributed by atoms with Crippen LogP contribution in [0.1, 0.15) is 53.4 Å². The summed E-state index contributed by atoms with van der Waals surface area (Å²) >= 11 is 0. The van der Waals surface area contributed by atoms with Gasteiger partial charge < -0.3 is 19.2 Å². The standard InChI is InChI=1S/C28H41F2NO3Si/c1-22(34-27-17-11-12-20-32-27)25(31-19-18-26(29)30)21-33-35(28(2,3)4,23-13-7-5-8-14-23)24-15-9-6-10-16-24/h5-10,13-16,22,25-27,31H,11-12,17-21H2,1-4H3/t22-,25-,27?/m1/s1. The molecule has 1 saturated heterocycles. The summed E-state index contributed by atoms with van der Waals surface area (Å²) in [6, 6.07) is 20.6. The number of hydrogen-bond donors (Lipinski definition) is 1. The van der Waals surface area contributed by atoms with E-state index in [-0.39, 0.29) is 36.4 Å². The molecule has 0 radical (unpaired) electrons. The number of alkyl halides is 2. The lowest BCUT2D eigenvalue weighted by molar-refractivity contribution is -0.191. The van der Waals surface area contributed by atoms with Gasteiger partial charge >= 0.3 is 0 Å². The molecule has 1 aliphatic rings. The van der Waals surface area contributed by atoms with Crippen LogP contribution < -0.4 is 15.7 Å². The average molecular weight is 506 g/mol. The number of ether oxygens (including phenoxy) is 2. The van der Waals surface area contributed by atoms with Gasteiger partial charge in [0.1, 0.15) is 0 Å². The van der Waals surface area contributed by atoms with Crippen LogP contribution in [0.5, 0.6) is 0 Å². The summed E-state index contributed by atoms with van der Waals surface area (Å²) in [7, 11) is -2.75. The normalized spacial score (nSPS) is 19.0. The Hall–Kier alpha value is -1.64. The highest BCUT2D eigenvalue weighted by molar-refractivity contribution is 6.99. The smallest absolute Gasteiger partial charge is 0.261 e. The fraction of sp³-hybridized carbons (Fsp3) is 0.571. The maximum absolute atomic E-state index is 12.9. The maximum Gasteiger partial charge on any atom is 0.261 e. The van der Waals surface area contributed by atoms with E-state index in [0.717, 1.165) is 19.3 Å². The van der Waals surface area contributed by atoms with Crippen LogP contribution >= 0.6 is 0 Å². The third-order valence-corrected chi connectivity index (χ3v) is 11.7. The van der Waals surface area contributed by atoms with Gasteiger partial charge in [0.2, 0.25) is 6.43 Å². The monoisotopic (exact) mass is 505 g/mol. The second kappa shape index (κ2) is 13.1. The van der Waals surface area contributed by atoms with Crippen molar-refractivity contribution in [2.75, 3.05) is 19.8 Å². The summed E-state index contributed by atoms with van der Waals surface area (Å²) in [5.41, 5.74) is 0. The summed E-state index contributed by atoms with van der Waals surface area (Å²) in [5, 5.41) is 5.52. The fourth-order valence-corrected chi connectivity index (χ4v) is 9.45. The largest absolute Gasteiger partial charge is 0.406 e. The van der Waals surface area contributed by atoms with Gasteiger partial charge in [0.25, 0.3) is 8.32 Å². The molecule has 4 nitrogen and oxygen atoms in total. The van der Waals surface area contributed by atoms with Gasteiger partial charge in [0.05, 0.1) is 18.8 Å². The molecule has 1 unspecified atom stereocenters. The molecule has 1 aliphatic heterocycles. The molecule has 1 fully saturated rings. The summed E-state index contributed by atoms with van der Waals surface area (Å²) < 4.78 is 44.9. The molecular weight excluding hydrogens is 464 g/mol.